The van der Waals surface area contributed by atoms with E-state index in [9.17, 15) is 0 Å². The largest absolute Gasteiger partial charge is 0.309 e. The second-order valence-electron chi connectivity index (χ2n) is 13.4. The van der Waals surface area contributed by atoms with Crippen molar-refractivity contribution in [2.45, 2.75) is 67.7 Å². The molecule has 9 rings (SSSR count). The van der Waals surface area contributed by atoms with Crippen LogP contribution in [-0.4, -0.2) is 4.57 Å². The van der Waals surface area contributed by atoms with Crippen molar-refractivity contribution in [3.63, 3.8) is 0 Å². The highest BCUT2D eigenvalue weighted by Gasteiger charge is 2.19. The third-order valence-corrected chi connectivity index (χ3v) is 9.75. The fourth-order valence-corrected chi connectivity index (χ4v) is 7.50. The molecule has 0 atom stereocenters. The molecule has 0 spiro atoms. The van der Waals surface area contributed by atoms with Gasteiger partial charge < -0.3 is 4.57 Å². The lowest BCUT2D eigenvalue weighted by Gasteiger charge is -2.20. The smallest absolute Gasteiger partial charge is 0.0541 e. The van der Waals surface area contributed by atoms with Crippen LogP contribution in [0.5, 0.6) is 0 Å². The second kappa shape index (κ2) is 16.8. The first kappa shape index (κ1) is 37.1. The van der Waals surface area contributed by atoms with Gasteiger partial charge in [-0.15, -0.1) is 0 Å². The van der Waals surface area contributed by atoms with Crippen LogP contribution >= 0.6 is 0 Å². The fraction of sp³-hybridized carbons (Fsp3) is 0.192. The summed E-state index contributed by atoms with van der Waals surface area (Å²) in [4.78, 5) is 0. The lowest BCUT2D eigenvalue weighted by atomic mass is 9.84. The van der Waals surface area contributed by atoms with E-state index in [2.05, 4.69) is 190 Å². The Balaban J connectivity index is 0.000000646. The predicted octanol–water partition coefficient (Wildman–Crippen LogP) is 16.2. The normalized spacial score (nSPS) is 10.9. The van der Waals surface area contributed by atoms with Gasteiger partial charge in [0.1, 0.15) is 0 Å². The van der Waals surface area contributed by atoms with Crippen molar-refractivity contribution in [3.05, 3.63) is 163 Å². The molecule has 0 radical (unpaired) electrons. The number of nitrogens with zero attached hydrogens (tertiary/aromatic N) is 1. The van der Waals surface area contributed by atoms with Gasteiger partial charge in [-0.2, -0.15) is 0 Å². The molecule has 0 amide bonds. The number of aromatic nitrogens is 1. The Morgan fingerprint density at radius 1 is 0.415 bits per heavy atom. The van der Waals surface area contributed by atoms with E-state index in [0.29, 0.717) is 5.92 Å². The number of hydrogen-bond donors (Lipinski definition) is 0. The van der Waals surface area contributed by atoms with E-state index >= 15 is 0 Å². The van der Waals surface area contributed by atoms with Crippen molar-refractivity contribution in [1.29, 1.82) is 0 Å². The third-order valence-electron chi connectivity index (χ3n) is 9.75. The highest BCUT2D eigenvalue weighted by molar-refractivity contribution is 6.22. The summed E-state index contributed by atoms with van der Waals surface area (Å²) in [6, 6.07) is 58.3. The van der Waals surface area contributed by atoms with Crippen LogP contribution in [0.3, 0.4) is 0 Å². The zero-order chi connectivity index (χ0) is 37.5. The second-order valence-corrected chi connectivity index (χ2v) is 13.4. The summed E-state index contributed by atoms with van der Waals surface area (Å²) in [5.74, 6) is 0.436. The summed E-state index contributed by atoms with van der Waals surface area (Å²) < 4.78 is 2.39. The Bertz CT molecular complexity index is 2560. The van der Waals surface area contributed by atoms with Gasteiger partial charge in [-0.3, -0.25) is 0 Å². The Morgan fingerprint density at radius 3 is 1.43 bits per heavy atom. The van der Waals surface area contributed by atoms with Crippen LogP contribution in [0.1, 0.15) is 73.3 Å². The zero-order valence-electron chi connectivity index (χ0n) is 32.7. The maximum atomic E-state index is 2.44. The minimum Gasteiger partial charge on any atom is -0.309 e. The molecule has 0 aliphatic heterocycles. The van der Waals surface area contributed by atoms with Crippen molar-refractivity contribution < 1.29 is 0 Å². The van der Waals surface area contributed by atoms with Gasteiger partial charge in [0.15, 0.2) is 0 Å². The molecule has 1 aromatic heterocycles. The van der Waals surface area contributed by atoms with Crippen molar-refractivity contribution in [1.82, 2.24) is 4.57 Å². The Labute approximate surface area is 316 Å². The molecule has 1 heteroatoms. The molecule has 1 heterocycles. The van der Waals surface area contributed by atoms with Gasteiger partial charge in [0.2, 0.25) is 0 Å². The van der Waals surface area contributed by atoms with E-state index in [1.807, 2.05) is 27.7 Å². The zero-order valence-corrected chi connectivity index (χ0v) is 32.7. The number of benzene rings is 8. The fourth-order valence-electron chi connectivity index (χ4n) is 7.50. The van der Waals surface area contributed by atoms with Crippen LogP contribution in [0, 0.1) is 0 Å². The maximum Gasteiger partial charge on any atom is 0.0541 e. The molecule has 266 valence electrons. The molecule has 0 unspecified atom stereocenters. The lowest BCUT2D eigenvalue weighted by Crippen LogP contribution is -1.95. The molecule has 8 aromatic carbocycles. The Hall–Kier alpha value is -5.66. The van der Waals surface area contributed by atoms with Crippen LogP contribution in [0.4, 0.5) is 0 Å². The number of para-hydroxylation sites is 2. The number of fused-ring (bicyclic) bond motifs is 6. The highest BCUT2D eigenvalue weighted by Crippen LogP contribution is 2.45. The van der Waals surface area contributed by atoms with Gasteiger partial charge >= 0.3 is 0 Å². The average Bonchev–Trinajstić information content (AvgIpc) is 3.56. The van der Waals surface area contributed by atoms with Gasteiger partial charge in [-0.1, -0.05) is 189 Å². The van der Waals surface area contributed by atoms with E-state index in [1.165, 1.54) is 94.0 Å². The molecule has 9 aromatic rings. The van der Waals surface area contributed by atoms with E-state index in [1.54, 1.807) is 0 Å². The van der Waals surface area contributed by atoms with Crippen LogP contribution in [0.15, 0.2) is 158 Å². The van der Waals surface area contributed by atoms with Gasteiger partial charge in [0, 0.05) is 16.5 Å². The standard InChI is InChI=1S/C45H33N.C3H8.2C2H6/c1-29(2)32-23-26-40-41(28-32)44(38-15-5-6-16-39(38)45(40)34-20-19-30-11-3-4-12-33(30)27-34)31-21-24-35(25-22-31)46-42-17-9-7-13-36(42)37-14-8-10-18-43(37)46;1-3-2;2*1-2/h3-29H,1-2H3;3H2,1-2H3;2*1-2H3. The first-order chi connectivity index (χ1) is 26.1. The van der Waals surface area contributed by atoms with E-state index in [0.717, 1.165) is 0 Å². The summed E-state index contributed by atoms with van der Waals surface area (Å²) in [6.07, 6.45) is 1.25. The predicted molar refractivity (Wildman–Crippen MR) is 237 cm³/mol. The van der Waals surface area contributed by atoms with Crippen LogP contribution in [0.2, 0.25) is 0 Å². The Morgan fingerprint density at radius 2 is 0.868 bits per heavy atom. The van der Waals surface area contributed by atoms with Crippen molar-refractivity contribution in [3.8, 4) is 27.9 Å². The molecule has 1 nitrogen and oxygen atoms in total. The van der Waals surface area contributed by atoms with Crippen LogP contribution in [0.25, 0.3) is 82.1 Å². The average molecular weight is 692 g/mol. The molecule has 0 aliphatic rings. The van der Waals surface area contributed by atoms with Gasteiger partial charge in [0.05, 0.1) is 11.0 Å². The molecule has 53 heavy (non-hydrogen) atoms. The first-order valence-corrected chi connectivity index (χ1v) is 19.6. The first-order valence-electron chi connectivity index (χ1n) is 19.6. The van der Waals surface area contributed by atoms with Crippen molar-refractivity contribution in [2.24, 2.45) is 0 Å². The minimum atomic E-state index is 0.436. The molecule has 0 aliphatic carbocycles. The van der Waals surface area contributed by atoms with Crippen LogP contribution < -0.4 is 0 Å². The van der Waals surface area contributed by atoms with Gasteiger partial charge in [-0.05, 0) is 96.4 Å². The number of rotatable bonds is 4. The van der Waals surface area contributed by atoms with E-state index in [4.69, 9.17) is 0 Å². The minimum absolute atomic E-state index is 0.436. The lowest BCUT2D eigenvalue weighted by molar-refractivity contribution is 0.869. The summed E-state index contributed by atoms with van der Waals surface area (Å²) in [5, 5.41) is 10.3. The molecule has 0 saturated carbocycles. The molecule has 0 fully saturated rings. The quantitative estimate of drug-likeness (QED) is 0.162. The summed E-state index contributed by atoms with van der Waals surface area (Å²) in [6.45, 7) is 16.8. The monoisotopic (exact) mass is 691 g/mol. The molecular formula is C52H53N. The SMILES string of the molecule is CC.CC.CC(C)c1ccc2c(-c3ccc4ccccc4c3)c3ccccc3c(-c3ccc(-n4c5ccccc5c5ccccc54)cc3)c2c1.CCC. The summed E-state index contributed by atoms with van der Waals surface area (Å²) >= 11 is 0. The Kier molecular flexibility index (Phi) is 11.8. The molecule has 0 N–H and O–H groups in total. The van der Waals surface area contributed by atoms with Crippen molar-refractivity contribution in [2.75, 3.05) is 0 Å². The van der Waals surface area contributed by atoms with Crippen molar-refractivity contribution >= 4 is 54.1 Å². The topological polar surface area (TPSA) is 4.93 Å². The maximum absolute atomic E-state index is 2.44. The van der Waals surface area contributed by atoms with Gasteiger partial charge in [-0.25, -0.2) is 0 Å². The molecule has 0 saturated heterocycles. The molecular weight excluding hydrogens is 639 g/mol. The third kappa shape index (κ3) is 6.97. The number of hydrogen-bond acceptors (Lipinski definition) is 0. The summed E-state index contributed by atoms with van der Waals surface area (Å²) in [7, 11) is 0. The molecule has 0 bridgehead atoms. The summed E-state index contributed by atoms with van der Waals surface area (Å²) in [5.41, 5.74) is 10.1. The van der Waals surface area contributed by atoms with E-state index in [-0.39, 0.29) is 0 Å². The van der Waals surface area contributed by atoms with Crippen LogP contribution in [-0.2, 0) is 0 Å². The van der Waals surface area contributed by atoms with Gasteiger partial charge in [0.25, 0.3) is 0 Å². The highest BCUT2D eigenvalue weighted by atomic mass is 15.0. The van der Waals surface area contributed by atoms with E-state index < -0.39 is 0 Å².